The minimum atomic E-state index is -4.89. The van der Waals surface area contributed by atoms with E-state index < -0.39 is 29.4 Å². The van der Waals surface area contributed by atoms with E-state index >= 15 is 0 Å². The first kappa shape index (κ1) is 20.1. The molecule has 2 aromatic carbocycles. The van der Waals surface area contributed by atoms with Crippen molar-refractivity contribution in [2.45, 2.75) is 12.7 Å². The fourth-order valence-corrected chi connectivity index (χ4v) is 2.47. The molecule has 0 saturated carbocycles. The minimum Gasteiger partial charge on any atom is -0.459 e. The van der Waals surface area contributed by atoms with Crippen molar-refractivity contribution in [3.63, 3.8) is 0 Å². The van der Waals surface area contributed by atoms with E-state index in [9.17, 15) is 27.2 Å². The number of alkyl halides is 3. The first-order valence-corrected chi connectivity index (χ1v) is 8.33. The Bertz CT molecular complexity index is 1010. The van der Waals surface area contributed by atoms with Crippen molar-refractivity contribution in [3.05, 3.63) is 89.1 Å². The Kier molecular flexibility index (Phi) is 5.67. The second-order valence-corrected chi connectivity index (χ2v) is 6.00. The van der Waals surface area contributed by atoms with Gasteiger partial charge in [-0.2, -0.15) is 13.2 Å². The molecule has 150 valence electrons. The summed E-state index contributed by atoms with van der Waals surface area (Å²) in [5.74, 6) is -2.49. The summed E-state index contributed by atoms with van der Waals surface area (Å²) in [4.78, 5) is 24.0. The van der Waals surface area contributed by atoms with Gasteiger partial charge >= 0.3 is 6.18 Å². The SMILES string of the molecule is O=C(NCc1ccc(NC(=O)c2ccco2)cc1)c1ccc(F)c(C(F)(F)F)c1. The lowest BCUT2D eigenvalue weighted by atomic mass is 10.1. The molecular formula is C20H14F4N2O3. The summed E-state index contributed by atoms with van der Waals surface area (Å²) in [6, 6.07) is 11.6. The summed E-state index contributed by atoms with van der Waals surface area (Å²) in [7, 11) is 0. The highest BCUT2D eigenvalue weighted by molar-refractivity contribution is 6.02. The van der Waals surface area contributed by atoms with Crippen LogP contribution < -0.4 is 10.6 Å². The van der Waals surface area contributed by atoms with Crippen molar-refractivity contribution >= 4 is 17.5 Å². The van der Waals surface area contributed by atoms with Gasteiger partial charge in [-0.25, -0.2) is 4.39 Å². The molecule has 0 atom stereocenters. The normalized spacial score (nSPS) is 11.2. The van der Waals surface area contributed by atoms with Crippen molar-refractivity contribution in [3.8, 4) is 0 Å². The van der Waals surface area contributed by atoms with Gasteiger partial charge in [-0.05, 0) is 48.0 Å². The lowest BCUT2D eigenvalue weighted by molar-refractivity contribution is -0.140. The molecule has 0 aliphatic carbocycles. The van der Waals surface area contributed by atoms with Gasteiger partial charge in [-0.3, -0.25) is 9.59 Å². The van der Waals surface area contributed by atoms with E-state index in [1.165, 1.54) is 12.3 Å². The first-order valence-electron chi connectivity index (χ1n) is 8.33. The van der Waals surface area contributed by atoms with E-state index in [4.69, 9.17) is 4.42 Å². The maximum absolute atomic E-state index is 13.3. The van der Waals surface area contributed by atoms with Crippen LogP contribution in [0, 0.1) is 5.82 Å². The molecule has 0 unspecified atom stereocenters. The van der Waals surface area contributed by atoms with E-state index in [1.807, 2.05) is 0 Å². The summed E-state index contributed by atoms with van der Waals surface area (Å²) in [5, 5.41) is 5.09. The average Bonchev–Trinajstić information content (AvgIpc) is 3.21. The number of hydrogen-bond donors (Lipinski definition) is 2. The second-order valence-electron chi connectivity index (χ2n) is 6.00. The number of carbonyl (C=O) groups excluding carboxylic acids is 2. The summed E-state index contributed by atoms with van der Waals surface area (Å²) in [6.45, 7) is 0.0317. The third-order valence-electron chi connectivity index (χ3n) is 3.94. The average molecular weight is 406 g/mol. The van der Waals surface area contributed by atoms with Crippen LogP contribution >= 0.6 is 0 Å². The van der Waals surface area contributed by atoms with Crippen LogP contribution in [0.5, 0.6) is 0 Å². The molecule has 0 bridgehead atoms. The Hall–Kier alpha value is -3.62. The number of anilines is 1. The zero-order valence-corrected chi connectivity index (χ0v) is 14.7. The molecule has 2 amide bonds. The molecule has 0 fully saturated rings. The first-order chi connectivity index (χ1) is 13.7. The van der Waals surface area contributed by atoms with E-state index in [0.717, 1.165) is 6.07 Å². The van der Waals surface area contributed by atoms with Crippen LogP contribution in [0.15, 0.2) is 65.3 Å². The molecule has 0 aliphatic heterocycles. The number of rotatable bonds is 5. The van der Waals surface area contributed by atoms with Gasteiger partial charge in [0.15, 0.2) is 5.76 Å². The van der Waals surface area contributed by atoms with Gasteiger partial charge in [0.25, 0.3) is 11.8 Å². The Labute approximate surface area is 162 Å². The number of nitrogens with one attached hydrogen (secondary N) is 2. The zero-order valence-electron chi connectivity index (χ0n) is 14.7. The van der Waals surface area contributed by atoms with Crippen LogP contribution in [-0.2, 0) is 12.7 Å². The van der Waals surface area contributed by atoms with E-state index in [-0.39, 0.29) is 17.9 Å². The van der Waals surface area contributed by atoms with Crippen LogP contribution in [-0.4, -0.2) is 11.8 Å². The molecule has 1 aromatic heterocycles. The van der Waals surface area contributed by atoms with Gasteiger partial charge in [0.05, 0.1) is 11.8 Å². The lowest BCUT2D eigenvalue weighted by Crippen LogP contribution is -2.23. The number of halogens is 4. The zero-order chi connectivity index (χ0) is 21.0. The van der Waals surface area contributed by atoms with Crippen molar-refractivity contribution in [1.29, 1.82) is 0 Å². The fourth-order valence-electron chi connectivity index (χ4n) is 2.47. The number of benzene rings is 2. The summed E-state index contributed by atoms with van der Waals surface area (Å²) >= 11 is 0. The van der Waals surface area contributed by atoms with Crippen molar-refractivity contribution in [2.24, 2.45) is 0 Å². The highest BCUT2D eigenvalue weighted by Crippen LogP contribution is 2.31. The Morgan fingerprint density at radius 3 is 2.31 bits per heavy atom. The van der Waals surface area contributed by atoms with Crippen LogP contribution in [0.25, 0.3) is 0 Å². The van der Waals surface area contributed by atoms with Gasteiger partial charge in [0, 0.05) is 17.8 Å². The lowest BCUT2D eigenvalue weighted by Gasteiger charge is -2.11. The Morgan fingerprint density at radius 1 is 0.966 bits per heavy atom. The molecule has 1 heterocycles. The molecular weight excluding hydrogens is 392 g/mol. The number of carbonyl (C=O) groups is 2. The fraction of sp³-hybridized carbons (Fsp3) is 0.100. The number of hydrogen-bond acceptors (Lipinski definition) is 3. The molecule has 0 aliphatic rings. The van der Waals surface area contributed by atoms with Crippen LogP contribution in [0.3, 0.4) is 0 Å². The number of amides is 2. The van der Waals surface area contributed by atoms with Crippen LogP contribution in [0.4, 0.5) is 23.2 Å². The second kappa shape index (κ2) is 8.17. The highest BCUT2D eigenvalue weighted by atomic mass is 19.4. The molecule has 0 saturated heterocycles. The summed E-state index contributed by atoms with van der Waals surface area (Å²) in [6.07, 6.45) is -3.52. The number of furan rings is 1. The van der Waals surface area contributed by atoms with Gasteiger partial charge in [-0.15, -0.1) is 0 Å². The third kappa shape index (κ3) is 5.01. The molecule has 9 heteroatoms. The van der Waals surface area contributed by atoms with Crippen LogP contribution in [0.1, 0.15) is 32.0 Å². The summed E-state index contributed by atoms with van der Waals surface area (Å²) < 4.78 is 56.6. The van der Waals surface area contributed by atoms with Gasteiger partial charge in [0.2, 0.25) is 0 Å². The highest BCUT2D eigenvalue weighted by Gasteiger charge is 2.34. The summed E-state index contributed by atoms with van der Waals surface area (Å²) in [5.41, 5.74) is -0.662. The van der Waals surface area contributed by atoms with Gasteiger partial charge in [0.1, 0.15) is 5.82 Å². The maximum atomic E-state index is 13.3. The standard InChI is InChI=1S/C20H14F4N2O3/c21-16-8-5-13(10-15(16)20(22,23)24)18(27)25-11-12-3-6-14(7-4-12)26-19(28)17-2-1-9-29-17/h1-10H,11H2,(H,25,27)(H,26,28). The van der Waals surface area contributed by atoms with Gasteiger partial charge in [-0.1, -0.05) is 12.1 Å². The monoisotopic (exact) mass is 406 g/mol. The molecule has 0 radical (unpaired) electrons. The van der Waals surface area contributed by atoms with Crippen LogP contribution in [0.2, 0.25) is 0 Å². The predicted octanol–water partition coefficient (Wildman–Crippen LogP) is 4.62. The minimum absolute atomic E-state index is 0.0317. The smallest absolute Gasteiger partial charge is 0.419 e. The van der Waals surface area contributed by atoms with Crippen molar-refractivity contribution < 1.29 is 31.6 Å². The molecule has 3 aromatic rings. The Morgan fingerprint density at radius 2 is 1.69 bits per heavy atom. The van der Waals surface area contributed by atoms with E-state index in [1.54, 1.807) is 30.3 Å². The van der Waals surface area contributed by atoms with E-state index in [0.29, 0.717) is 23.4 Å². The maximum Gasteiger partial charge on any atom is 0.419 e. The molecule has 0 spiro atoms. The topological polar surface area (TPSA) is 71.3 Å². The van der Waals surface area contributed by atoms with E-state index in [2.05, 4.69) is 10.6 Å². The van der Waals surface area contributed by atoms with Crippen molar-refractivity contribution in [2.75, 3.05) is 5.32 Å². The molecule has 3 rings (SSSR count). The van der Waals surface area contributed by atoms with Gasteiger partial charge < -0.3 is 15.1 Å². The Balaban J connectivity index is 1.60. The third-order valence-corrected chi connectivity index (χ3v) is 3.94. The largest absolute Gasteiger partial charge is 0.459 e. The quantitative estimate of drug-likeness (QED) is 0.608. The molecule has 2 N–H and O–H groups in total. The molecule has 29 heavy (non-hydrogen) atoms. The van der Waals surface area contributed by atoms with Crippen molar-refractivity contribution in [1.82, 2.24) is 5.32 Å². The molecule has 5 nitrogen and oxygen atoms in total. The predicted molar refractivity (Wildman–Crippen MR) is 95.7 cm³/mol.